The molecule has 3 nitrogen and oxygen atoms in total. The lowest BCUT2D eigenvalue weighted by atomic mass is 9.60. The maximum Gasteiger partial charge on any atom is 0.0891 e. The van der Waals surface area contributed by atoms with Crippen LogP contribution in [-0.4, -0.2) is 35.2 Å². The number of aliphatic hydroxyl groups is 1. The lowest BCUT2D eigenvalue weighted by Gasteiger charge is -2.49. The first-order valence-electron chi connectivity index (χ1n) is 7.49. The summed E-state index contributed by atoms with van der Waals surface area (Å²) in [6, 6.07) is 2.58. The highest BCUT2D eigenvalue weighted by molar-refractivity contribution is 5.21. The zero-order valence-electron chi connectivity index (χ0n) is 11.4. The molecule has 0 aromatic heterocycles. The summed E-state index contributed by atoms with van der Waals surface area (Å²) in [5, 5.41) is 20.9. The van der Waals surface area contributed by atoms with Crippen molar-refractivity contribution in [3.05, 3.63) is 0 Å². The molecule has 0 amide bonds. The highest BCUT2D eigenvalue weighted by atomic mass is 16.3. The molecule has 2 saturated carbocycles. The second-order valence-electron chi connectivity index (χ2n) is 6.63. The Morgan fingerprint density at radius 1 is 1.33 bits per heavy atom. The Labute approximate surface area is 110 Å². The quantitative estimate of drug-likeness (QED) is 0.814. The fourth-order valence-corrected chi connectivity index (χ4v) is 4.83. The summed E-state index contributed by atoms with van der Waals surface area (Å²) in [4.78, 5) is 2.38. The molecule has 1 N–H and O–H groups in total. The molecule has 100 valence electrons. The van der Waals surface area contributed by atoms with E-state index >= 15 is 0 Å². The van der Waals surface area contributed by atoms with Crippen LogP contribution in [0.4, 0.5) is 0 Å². The molecular weight excluding hydrogens is 224 g/mol. The van der Waals surface area contributed by atoms with Gasteiger partial charge in [-0.3, -0.25) is 0 Å². The van der Waals surface area contributed by atoms with Crippen molar-refractivity contribution in [2.75, 3.05) is 19.6 Å². The molecule has 1 heterocycles. The fourth-order valence-electron chi connectivity index (χ4n) is 4.83. The Morgan fingerprint density at radius 3 is 2.50 bits per heavy atom. The van der Waals surface area contributed by atoms with Crippen molar-refractivity contribution in [2.45, 2.75) is 51.0 Å². The van der Waals surface area contributed by atoms with Crippen LogP contribution in [0.5, 0.6) is 0 Å². The highest BCUT2D eigenvalue weighted by Crippen LogP contribution is 2.62. The first-order chi connectivity index (χ1) is 8.63. The summed E-state index contributed by atoms with van der Waals surface area (Å²) in [5.41, 5.74) is -1.14. The predicted molar refractivity (Wildman–Crippen MR) is 69.8 cm³/mol. The van der Waals surface area contributed by atoms with Gasteiger partial charge in [0.25, 0.3) is 0 Å². The number of likely N-dealkylation sites (tertiary alicyclic amines) is 1. The van der Waals surface area contributed by atoms with Crippen LogP contribution in [-0.2, 0) is 0 Å². The third kappa shape index (κ3) is 1.55. The molecule has 3 aliphatic rings. The first-order valence-corrected chi connectivity index (χ1v) is 7.49. The van der Waals surface area contributed by atoms with Gasteiger partial charge >= 0.3 is 0 Å². The van der Waals surface area contributed by atoms with Crippen molar-refractivity contribution in [1.29, 1.82) is 5.26 Å². The van der Waals surface area contributed by atoms with Gasteiger partial charge in [-0.15, -0.1) is 0 Å². The van der Waals surface area contributed by atoms with E-state index in [4.69, 9.17) is 0 Å². The molecule has 0 aromatic rings. The van der Waals surface area contributed by atoms with Gasteiger partial charge in [0.2, 0.25) is 0 Å². The van der Waals surface area contributed by atoms with Gasteiger partial charge in [0.15, 0.2) is 0 Å². The number of nitrogens with zero attached hydrogens (tertiary/aromatic N) is 2. The van der Waals surface area contributed by atoms with E-state index in [1.807, 2.05) is 0 Å². The molecule has 3 atom stereocenters. The normalized spacial score (nSPS) is 42.9. The van der Waals surface area contributed by atoms with Gasteiger partial charge in [0, 0.05) is 13.1 Å². The molecule has 3 fully saturated rings. The molecule has 3 rings (SSSR count). The molecule has 18 heavy (non-hydrogen) atoms. The molecule has 0 spiro atoms. The summed E-state index contributed by atoms with van der Waals surface area (Å²) in [6.45, 7) is 5.13. The SMILES string of the molecule is CCN1CCC(O)(C2(C#N)CC3CCC2C3)CC1. The third-order valence-corrected chi connectivity index (χ3v) is 6.01. The van der Waals surface area contributed by atoms with E-state index in [0.29, 0.717) is 11.8 Å². The zero-order chi connectivity index (χ0) is 12.8. The van der Waals surface area contributed by atoms with Crippen LogP contribution in [0.15, 0.2) is 0 Å². The van der Waals surface area contributed by atoms with Crippen molar-refractivity contribution in [3.63, 3.8) is 0 Å². The average molecular weight is 248 g/mol. The predicted octanol–water partition coefficient (Wildman–Crippen LogP) is 2.16. The molecule has 2 aliphatic carbocycles. The van der Waals surface area contributed by atoms with E-state index in [2.05, 4.69) is 17.9 Å². The Bertz CT molecular complexity index is 367. The lowest BCUT2D eigenvalue weighted by molar-refractivity contribution is -0.117. The fraction of sp³-hybridized carbons (Fsp3) is 0.933. The van der Waals surface area contributed by atoms with Crippen LogP contribution < -0.4 is 0 Å². The van der Waals surface area contributed by atoms with Gasteiger partial charge in [0.05, 0.1) is 17.1 Å². The van der Waals surface area contributed by atoms with Gasteiger partial charge < -0.3 is 10.0 Å². The summed E-state index contributed by atoms with van der Waals surface area (Å²) >= 11 is 0. The summed E-state index contributed by atoms with van der Waals surface area (Å²) in [7, 11) is 0. The summed E-state index contributed by atoms with van der Waals surface area (Å²) in [5.74, 6) is 1.17. The van der Waals surface area contributed by atoms with Gasteiger partial charge in [-0.2, -0.15) is 5.26 Å². The Balaban J connectivity index is 1.83. The number of rotatable bonds is 2. The number of hydrogen-bond donors (Lipinski definition) is 1. The molecule has 0 aromatic carbocycles. The standard InChI is InChI=1S/C15H24N2O/c1-2-17-7-5-15(18,6-8-17)14(11-16)10-12-3-4-13(14)9-12/h12-13,18H,2-10H2,1H3. The van der Waals surface area contributed by atoms with Crippen molar-refractivity contribution >= 4 is 0 Å². The van der Waals surface area contributed by atoms with E-state index in [9.17, 15) is 10.4 Å². The molecule has 1 aliphatic heterocycles. The van der Waals surface area contributed by atoms with Gasteiger partial charge in [-0.05, 0) is 50.5 Å². The van der Waals surface area contributed by atoms with Crippen molar-refractivity contribution in [2.24, 2.45) is 17.3 Å². The minimum atomic E-state index is -0.715. The lowest BCUT2D eigenvalue weighted by Crippen LogP contribution is -2.56. The number of hydrogen-bond acceptors (Lipinski definition) is 3. The maximum atomic E-state index is 11.1. The molecule has 2 bridgehead atoms. The number of fused-ring (bicyclic) bond motifs is 2. The Hall–Kier alpha value is -0.590. The minimum absolute atomic E-state index is 0.421. The van der Waals surface area contributed by atoms with E-state index in [-0.39, 0.29) is 0 Å². The van der Waals surface area contributed by atoms with Gasteiger partial charge in [0.1, 0.15) is 0 Å². The maximum absolute atomic E-state index is 11.1. The Morgan fingerprint density at radius 2 is 2.06 bits per heavy atom. The van der Waals surface area contributed by atoms with E-state index < -0.39 is 11.0 Å². The van der Waals surface area contributed by atoms with Crippen LogP contribution >= 0.6 is 0 Å². The highest BCUT2D eigenvalue weighted by Gasteiger charge is 2.62. The topological polar surface area (TPSA) is 47.3 Å². The zero-order valence-corrected chi connectivity index (χ0v) is 11.4. The molecule has 1 saturated heterocycles. The van der Waals surface area contributed by atoms with Crippen molar-refractivity contribution in [3.8, 4) is 6.07 Å². The summed E-state index contributed by atoms with van der Waals surface area (Å²) < 4.78 is 0. The van der Waals surface area contributed by atoms with E-state index in [0.717, 1.165) is 45.3 Å². The van der Waals surface area contributed by atoms with E-state index in [1.165, 1.54) is 12.8 Å². The molecular formula is C15H24N2O. The molecule has 3 unspecified atom stereocenters. The second-order valence-corrected chi connectivity index (χ2v) is 6.63. The van der Waals surface area contributed by atoms with Crippen molar-refractivity contribution < 1.29 is 5.11 Å². The largest absolute Gasteiger partial charge is 0.388 e. The third-order valence-electron chi connectivity index (χ3n) is 6.01. The first kappa shape index (κ1) is 12.4. The van der Waals surface area contributed by atoms with E-state index in [1.54, 1.807) is 0 Å². The molecule has 0 radical (unpaired) electrons. The summed E-state index contributed by atoms with van der Waals surface area (Å²) in [6.07, 6.45) is 6.17. The van der Waals surface area contributed by atoms with Crippen LogP contribution in [0.2, 0.25) is 0 Å². The molecule has 3 heteroatoms. The smallest absolute Gasteiger partial charge is 0.0891 e. The van der Waals surface area contributed by atoms with Crippen LogP contribution in [0.1, 0.15) is 45.4 Å². The van der Waals surface area contributed by atoms with Crippen LogP contribution in [0, 0.1) is 28.6 Å². The number of piperidine rings is 1. The minimum Gasteiger partial charge on any atom is -0.388 e. The number of nitriles is 1. The van der Waals surface area contributed by atoms with Crippen molar-refractivity contribution in [1.82, 2.24) is 4.90 Å². The van der Waals surface area contributed by atoms with Crippen LogP contribution in [0.3, 0.4) is 0 Å². The average Bonchev–Trinajstić information content (AvgIpc) is 3.00. The monoisotopic (exact) mass is 248 g/mol. The van der Waals surface area contributed by atoms with Crippen LogP contribution in [0.25, 0.3) is 0 Å². The van der Waals surface area contributed by atoms with Gasteiger partial charge in [-0.25, -0.2) is 0 Å². The Kier molecular flexibility index (Phi) is 2.91. The second kappa shape index (κ2) is 4.21. The van der Waals surface area contributed by atoms with Gasteiger partial charge in [-0.1, -0.05) is 13.3 Å².